The summed E-state index contributed by atoms with van der Waals surface area (Å²) in [5.74, 6) is -0.742. The number of fused-ring (bicyclic) bond motifs is 1. The van der Waals surface area contributed by atoms with Crippen LogP contribution in [0.4, 0.5) is 11.4 Å². The van der Waals surface area contributed by atoms with Crippen molar-refractivity contribution in [3.8, 4) is 11.5 Å². The van der Waals surface area contributed by atoms with Gasteiger partial charge in [-0.2, -0.15) is 0 Å². The molecule has 1 heterocycles. The van der Waals surface area contributed by atoms with Crippen LogP contribution in [-0.4, -0.2) is 22.7 Å². The van der Waals surface area contributed by atoms with Crippen LogP contribution < -0.4 is 10.6 Å². The molecule has 0 aromatic heterocycles. The number of anilines is 2. The van der Waals surface area contributed by atoms with Crippen molar-refractivity contribution in [2.45, 2.75) is 12.8 Å². The van der Waals surface area contributed by atoms with Gasteiger partial charge in [0.05, 0.1) is 5.56 Å². The number of phenolic OH excluding ortho intramolecular Hbond substituents is 2. The van der Waals surface area contributed by atoms with Crippen LogP contribution in [0.1, 0.15) is 22.3 Å². The molecular formula is C16H16N2O3. The minimum absolute atomic E-state index is 0.0815. The summed E-state index contributed by atoms with van der Waals surface area (Å²) in [5.41, 5.74) is 3.07. The number of nitrogens with one attached hydrogen (secondary N) is 2. The van der Waals surface area contributed by atoms with Crippen LogP contribution in [0, 0.1) is 0 Å². The Bertz CT molecular complexity index is 698. The minimum atomic E-state index is -0.414. The summed E-state index contributed by atoms with van der Waals surface area (Å²) in [6.07, 6.45) is 2.15. The van der Waals surface area contributed by atoms with Gasteiger partial charge in [0.1, 0.15) is 11.5 Å². The molecule has 5 heteroatoms. The Morgan fingerprint density at radius 2 is 2.00 bits per heavy atom. The third kappa shape index (κ3) is 2.76. The van der Waals surface area contributed by atoms with Crippen LogP contribution in [-0.2, 0) is 6.42 Å². The lowest BCUT2D eigenvalue weighted by atomic mass is 10.0. The zero-order valence-electron chi connectivity index (χ0n) is 11.4. The average Bonchev–Trinajstić information content (AvgIpc) is 2.47. The SMILES string of the molecule is O=C(Nc1ccc2c(c1)NCCC2)c1ccc(O)cc1O. The molecule has 0 radical (unpaired) electrons. The summed E-state index contributed by atoms with van der Waals surface area (Å²) in [6, 6.07) is 9.63. The van der Waals surface area contributed by atoms with Gasteiger partial charge in [-0.05, 0) is 42.7 Å². The van der Waals surface area contributed by atoms with E-state index in [0.29, 0.717) is 5.69 Å². The predicted molar refractivity (Wildman–Crippen MR) is 81.0 cm³/mol. The molecule has 108 valence electrons. The molecule has 0 saturated heterocycles. The van der Waals surface area contributed by atoms with Gasteiger partial charge in [-0.25, -0.2) is 0 Å². The molecule has 0 fully saturated rings. The van der Waals surface area contributed by atoms with Gasteiger partial charge in [0.2, 0.25) is 0 Å². The van der Waals surface area contributed by atoms with E-state index in [9.17, 15) is 15.0 Å². The van der Waals surface area contributed by atoms with Crippen molar-refractivity contribution >= 4 is 17.3 Å². The Balaban J connectivity index is 1.81. The van der Waals surface area contributed by atoms with Gasteiger partial charge in [-0.15, -0.1) is 0 Å². The van der Waals surface area contributed by atoms with Crippen LogP contribution in [0.3, 0.4) is 0 Å². The highest BCUT2D eigenvalue weighted by Gasteiger charge is 2.14. The molecule has 0 spiro atoms. The molecule has 21 heavy (non-hydrogen) atoms. The molecule has 1 aliphatic rings. The van der Waals surface area contributed by atoms with Crippen LogP contribution in [0.5, 0.6) is 11.5 Å². The predicted octanol–water partition coefficient (Wildman–Crippen LogP) is 2.71. The summed E-state index contributed by atoms with van der Waals surface area (Å²) < 4.78 is 0. The Kier molecular flexibility index (Phi) is 3.39. The van der Waals surface area contributed by atoms with Crippen molar-refractivity contribution in [3.05, 3.63) is 47.5 Å². The zero-order valence-corrected chi connectivity index (χ0v) is 11.4. The number of hydrogen-bond acceptors (Lipinski definition) is 4. The van der Waals surface area contributed by atoms with Gasteiger partial charge in [-0.1, -0.05) is 6.07 Å². The van der Waals surface area contributed by atoms with Crippen LogP contribution in [0.2, 0.25) is 0 Å². The monoisotopic (exact) mass is 284 g/mol. The van der Waals surface area contributed by atoms with E-state index in [-0.39, 0.29) is 17.1 Å². The fourth-order valence-electron chi connectivity index (χ4n) is 2.45. The summed E-state index contributed by atoms with van der Waals surface area (Å²) in [4.78, 5) is 12.1. The highest BCUT2D eigenvalue weighted by atomic mass is 16.3. The Labute approximate surface area is 122 Å². The van der Waals surface area contributed by atoms with Crippen molar-refractivity contribution in [1.29, 1.82) is 0 Å². The first-order valence-corrected chi connectivity index (χ1v) is 6.83. The fraction of sp³-hybridized carbons (Fsp3) is 0.188. The van der Waals surface area contributed by atoms with E-state index >= 15 is 0 Å². The van der Waals surface area contributed by atoms with Crippen molar-refractivity contribution < 1.29 is 15.0 Å². The van der Waals surface area contributed by atoms with Gasteiger partial charge in [-0.3, -0.25) is 4.79 Å². The van der Waals surface area contributed by atoms with Gasteiger partial charge in [0.15, 0.2) is 0 Å². The number of benzene rings is 2. The topological polar surface area (TPSA) is 81.6 Å². The Hall–Kier alpha value is -2.69. The first kappa shape index (κ1) is 13.3. The number of aryl methyl sites for hydroxylation is 1. The number of phenols is 2. The molecule has 0 aliphatic carbocycles. The molecule has 1 aliphatic heterocycles. The second-order valence-electron chi connectivity index (χ2n) is 5.06. The maximum absolute atomic E-state index is 12.1. The normalized spacial score (nSPS) is 13.1. The zero-order chi connectivity index (χ0) is 14.8. The third-order valence-corrected chi connectivity index (χ3v) is 3.53. The Morgan fingerprint density at radius 3 is 2.81 bits per heavy atom. The van der Waals surface area contributed by atoms with Crippen molar-refractivity contribution in [2.24, 2.45) is 0 Å². The van der Waals surface area contributed by atoms with E-state index < -0.39 is 5.91 Å². The highest BCUT2D eigenvalue weighted by molar-refractivity contribution is 6.06. The maximum Gasteiger partial charge on any atom is 0.259 e. The summed E-state index contributed by atoms with van der Waals surface area (Å²) in [6.45, 7) is 0.934. The van der Waals surface area contributed by atoms with E-state index in [1.165, 1.54) is 17.7 Å². The lowest BCUT2D eigenvalue weighted by molar-refractivity contribution is 0.102. The molecule has 0 saturated carbocycles. The number of carbonyl (C=O) groups excluding carboxylic acids is 1. The Morgan fingerprint density at radius 1 is 1.14 bits per heavy atom. The van der Waals surface area contributed by atoms with Gasteiger partial charge >= 0.3 is 0 Å². The molecule has 2 aromatic carbocycles. The van der Waals surface area contributed by atoms with Crippen LogP contribution in [0.25, 0.3) is 0 Å². The van der Waals surface area contributed by atoms with E-state index in [4.69, 9.17) is 0 Å². The van der Waals surface area contributed by atoms with Gasteiger partial charge in [0.25, 0.3) is 5.91 Å². The quantitative estimate of drug-likeness (QED) is 0.683. The number of aromatic hydroxyl groups is 2. The number of hydrogen-bond donors (Lipinski definition) is 4. The second kappa shape index (κ2) is 5.36. The maximum atomic E-state index is 12.1. The van der Waals surface area contributed by atoms with Crippen molar-refractivity contribution in [2.75, 3.05) is 17.2 Å². The van der Waals surface area contributed by atoms with E-state index in [1.54, 1.807) is 0 Å². The highest BCUT2D eigenvalue weighted by Crippen LogP contribution is 2.27. The van der Waals surface area contributed by atoms with E-state index in [2.05, 4.69) is 10.6 Å². The van der Waals surface area contributed by atoms with E-state index in [0.717, 1.165) is 31.1 Å². The summed E-state index contributed by atoms with van der Waals surface area (Å²) >= 11 is 0. The van der Waals surface area contributed by atoms with Crippen molar-refractivity contribution in [1.82, 2.24) is 0 Å². The summed E-state index contributed by atoms with van der Waals surface area (Å²) in [5, 5.41) is 25.0. The van der Waals surface area contributed by atoms with Crippen LogP contribution in [0.15, 0.2) is 36.4 Å². The van der Waals surface area contributed by atoms with Gasteiger partial charge < -0.3 is 20.8 Å². The standard InChI is InChI=1S/C16H16N2O3/c19-12-5-6-13(15(20)9-12)16(21)18-11-4-3-10-2-1-7-17-14(10)8-11/h3-6,8-9,17,19-20H,1-2,7H2,(H,18,21). The third-order valence-electron chi connectivity index (χ3n) is 3.53. The minimum Gasteiger partial charge on any atom is -0.508 e. The average molecular weight is 284 g/mol. The fourth-order valence-corrected chi connectivity index (χ4v) is 2.45. The van der Waals surface area contributed by atoms with Gasteiger partial charge in [0, 0.05) is 24.0 Å². The largest absolute Gasteiger partial charge is 0.508 e. The molecule has 5 nitrogen and oxygen atoms in total. The van der Waals surface area contributed by atoms with Crippen molar-refractivity contribution in [3.63, 3.8) is 0 Å². The molecule has 0 bridgehead atoms. The second-order valence-corrected chi connectivity index (χ2v) is 5.06. The molecule has 3 rings (SSSR count). The molecule has 1 amide bonds. The lowest BCUT2D eigenvalue weighted by Gasteiger charge is -2.19. The first-order chi connectivity index (χ1) is 10.1. The summed E-state index contributed by atoms with van der Waals surface area (Å²) in [7, 11) is 0. The number of amides is 1. The molecular weight excluding hydrogens is 268 g/mol. The first-order valence-electron chi connectivity index (χ1n) is 6.83. The number of carbonyl (C=O) groups is 1. The molecule has 2 aromatic rings. The molecule has 0 atom stereocenters. The lowest BCUT2D eigenvalue weighted by Crippen LogP contribution is -2.14. The molecule has 0 unspecified atom stereocenters. The van der Waals surface area contributed by atoms with E-state index in [1.807, 2.05) is 18.2 Å². The van der Waals surface area contributed by atoms with Crippen LogP contribution >= 0.6 is 0 Å². The molecule has 4 N–H and O–H groups in total. The smallest absolute Gasteiger partial charge is 0.259 e. The number of rotatable bonds is 2.